The molecule has 0 saturated heterocycles. The smallest absolute Gasteiger partial charge is 0.308 e. The molecule has 0 heterocycles. The van der Waals surface area contributed by atoms with Crippen molar-refractivity contribution in [3.8, 4) is 0 Å². The lowest BCUT2D eigenvalue weighted by molar-refractivity contribution is -0.146. The Morgan fingerprint density at radius 1 is 0.952 bits per heavy atom. The van der Waals surface area contributed by atoms with Gasteiger partial charge in [-0.1, -0.05) is 48.5 Å². The predicted molar refractivity (Wildman–Crippen MR) is 81.4 cm³/mol. The molecule has 4 heteroatoms. The number of rotatable bonds is 7. The standard InChI is InChI=1S/C17H19NO3/c18-16-9-5-4-8-15(16)13-20-11-10-17(19)21-12-14-6-2-1-3-7-14/h1-9H,10-13,18H2. The van der Waals surface area contributed by atoms with Crippen molar-refractivity contribution in [1.29, 1.82) is 0 Å². The van der Waals surface area contributed by atoms with Crippen LogP contribution in [0.4, 0.5) is 5.69 Å². The zero-order valence-corrected chi connectivity index (χ0v) is 11.8. The van der Waals surface area contributed by atoms with E-state index in [-0.39, 0.29) is 12.4 Å². The van der Waals surface area contributed by atoms with Crippen LogP contribution in [-0.4, -0.2) is 12.6 Å². The molecule has 0 bridgehead atoms. The number of esters is 1. The molecule has 2 aromatic rings. The summed E-state index contributed by atoms with van der Waals surface area (Å²) in [5.41, 5.74) is 8.40. The lowest BCUT2D eigenvalue weighted by Crippen LogP contribution is -2.09. The van der Waals surface area contributed by atoms with E-state index in [1.54, 1.807) is 0 Å². The normalized spacial score (nSPS) is 10.3. The first-order valence-electron chi connectivity index (χ1n) is 6.86. The van der Waals surface area contributed by atoms with Crippen LogP contribution in [0.15, 0.2) is 54.6 Å². The molecular formula is C17H19NO3. The number of para-hydroxylation sites is 1. The van der Waals surface area contributed by atoms with Gasteiger partial charge >= 0.3 is 5.97 Å². The quantitative estimate of drug-likeness (QED) is 0.482. The maximum absolute atomic E-state index is 11.6. The number of hydrogen-bond donors (Lipinski definition) is 1. The summed E-state index contributed by atoms with van der Waals surface area (Å²) in [4.78, 5) is 11.6. The second-order valence-electron chi connectivity index (χ2n) is 4.65. The Morgan fingerprint density at radius 2 is 1.67 bits per heavy atom. The molecule has 2 N–H and O–H groups in total. The second kappa shape index (κ2) is 8.07. The molecule has 0 aliphatic carbocycles. The van der Waals surface area contributed by atoms with E-state index in [1.807, 2.05) is 54.6 Å². The van der Waals surface area contributed by atoms with Crippen molar-refractivity contribution in [2.75, 3.05) is 12.3 Å². The first-order valence-corrected chi connectivity index (χ1v) is 6.86. The van der Waals surface area contributed by atoms with Gasteiger partial charge in [0.2, 0.25) is 0 Å². The Kier molecular flexibility index (Phi) is 5.79. The minimum atomic E-state index is -0.264. The molecule has 21 heavy (non-hydrogen) atoms. The highest BCUT2D eigenvalue weighted by Crippen LogP contribution is 2.11. The molecule has 0 aliphatic heterocycles. The predicted octanol–water partition coefficient (Wildman–Crippen LogP) is 2.92. The van der Waals surface area contributed by atoms with Gasteiger partial charge in [-0.2, -0.15) is 0 Å². The summed E-state index contributed by atoms with van der Waals surface area (Å²) in [6.07, 6.45) is 0.236. The van der Waals surface area contributed by atoms with E-state index in [2.05, 4.69) is 0 Å². The van der Waals surface area contributed by atoms with Crippen LogP contribution >= 0.6 is 0 Å². The van der Waals surface area contributed by atoms with Gasteiger partial charge in [0.05, 0.1) is 19.6 Å². The van der Waals surface area contributed by atoms with Crippen molar-refractivity contribution in [3.63, 3.8) is 0 Å². The largest absolute Gasteiger partial charge is 0.461 e. The molecule has 0 atom stereocenters. The number of ether oxygens (including phenoxy) is 2. The van der Waals surface area contributed by atoms with E-state index in [9.17, 15) is 4.79 Å². The van der Waals surface area contributed by atoms with Crippen molar-refractivity contribution in [3.05, 3.63) is 65.7 Å². The molecule has 0 aliphatic rings. The molecular weight excluding hydrogens is 266 g/mol. The first kappa shape index (κ1) is 15.1. The summed E-state index contributed by atoms with van der Waals surface area (Å²) in [5.74, 6) is -0.264. The maximum Gasteiger partial charge on any atom is 0.308 e. The van der Waals surface area contributed by atoms with Crippen LogP contribution in [0.3, 0.4) is 0 Å². The fraction of sp³-hybridized carbons (Fsp3) is 0.235. The summed E-state index contributed by atoms with van der Waals surface area (Å²) in [6, 6.07) is 17.1. The van der Waals surface area contributed by atoms with Crippen molar-refractivity contribution < 1.29 is 14.3 Å². The Bertz CT molecular complexity index is 569. The SMILES string of the molecule is Nc1ccccc1COCCC(=O)OCc1ccccc1. The average Bonchev–Trinajstić information content (AvgIpc) is 2.52. The minimum absolute atomic E-state index is 0.236. The zero-order chi connectivity index (χ0) is 14.9. The second-order valence-corrected chi connectivity index (χ2v) is 4.65. The van der Waals surface area contributed by atoms with Gasteiger partial charge in [0, 0.05) is 11.3 Å². The summed E-state index contributed by atoms with van der Waals surface area (Å²) in [7, 11) is 0. The summed E-state index contributed by atoms with van der Waals surface area (Å²) in [6.45, 7) is 1.02. The highest BCUT2D eigenvalue weighted by atomic mass is 16.5. The fourth-order valence-electron chi connectivity index (χ4n) is 1.81. The van der Waals surface area contributed by atoms with Gasteiger partial charge < -0.3 is 15.2 Å². The summed E-state index contributed by atoms with van der Waals surface area (Å²) >= 11 is 0. The third-order valence-electron chi connectivity index (χ3n) is 3.01. The van der Waals surface area contributed by atoms with Gasteiger partial charge in [0.15, 0.2) is 0 Å². The molecule has 0 fully saturated rings. The third kappa shape index (κ3) is 5.28. The monoisotopic (exact) mass is 285 g/mol. The minimum Gasteiger partial charge on any atom is -0.461 e. The summed E-state index contributed by atoms with van der Waals surface area (Å²) < 4.78 is 10.6. The van der Waals surface area contributed by atoms with E-state index in [0.29, 0.717) is 25.5 Å². The number of anilines is 1. The van der Waals surface area contributed by atoms with E-state index in [0.717, 1.165) is 11.1 Å². The first-order chi connectivity index (χ1) is 10.3. The molecule has 0 spiro atoms. The van der Waals surface area contributed by atoms with Crippen molar-refractivity contribution in [1.82, 2.24) is 0 Å². The molecule has 110 valence electrons. The third-order valence-corrected chi connectivity index (χ3v) is 3.01. The number of carbonyl (C=O) groups is 1. The van der Waals surface area contributed by atoms with Gasteiger partial charge in [-0.05, 0) is 11.6 Å². The molecule has 0 unspecified atom stereocenters. The van der Waals surface area contributed by atoms with Gasteiger partial charge in [0.25, 0.3) is 0 Å². The Labute approximate surface area is 124 Å². The lowest BCUT2D eigenvalue weighted by atomic mass is 10.2. The van der Waals surface area contributed by atoms with Crippen LogP contribution in [0.1, 0.15) is 17.5 Å². The molecule has 0 saturated carbocycles. The number of nitrogen functional groups attached to an aromatic ring is 1. The molecule has 0 aromatic heterocycles. The van der Waals surface area contributed by atoms with Gasteiger partial charge in [-0.3, -0.25) is 4.79 Å². The maximum atomic E-state index is 11.6. The zero-order valence-electron chi connectivity index (χ0n) is 11.8. The number of carbonyl (C=O) groups excluding carboxylic acids is 1. The average molecular weight is 285 g/mol. The van der Waals surface area contributed by atoms with Gasteiger partial charge in [-0.25, -0.2) is 0 Å². The van der Waals surface area contributed by atoms with Crippen molar-refractivity contribution in [2.45, 2.75) is 19.6 Å². The number of benzene rings is 2. The number of nitrogens with two attached hydrogens (primary N) is 1. The highest BCUT2D eigenvalue weighted by Gasteiger charge is 2.04. The molecule has 0 amide bonds. The van der Waals surface area contributed by atoms with E-state index in [4.69, 9.17) is 15.2 Å². The van der Waals surface area contributed by atoms with Gasteiger partial charge in [0.1, 0.15) is 6.61 Å². The fourth-order valence-corrected chi connectivity index (χ4v) is 1.81. The highest BCUT2D eigenvalue weighted by molar-refractivity contribution is 5.69. The van der Waals surface area contributed by atoms with Crippen molar-refractivity contribution >= 4 is 11.7 Å². The molecule has 2 aromatic carbocycles. The van der Waals surface area contributed by atoms with Crippen LogP contribution < -0.4 is 5.73 Å². The van der Waals surface area contributed by atoms with E-state index in [1.165, 1.54) is 0 Å². The van der Waals surface area contributed by atoms with Crippen LogP contribution in [0.5, 0.6) is 0 Å². The Balaban J connectivity index is 1.62. The molecule has 4 nitrogen and oxygen atoms in total. The number of hydrogen-bond acceptors (Lipinski definition) is 4. The van der Waals surface area contributed by atoms with E-state index < -0.39 is 0 Å². The Morgan fingerprint density at radius 3 is 2.43 bits per heavy atom. The van der Waals surface area contributed by atoms with Gasteiger partial charge in [-0.15, -0.1) is 0 Å². The van der Waals surface area contributed by atoms with Crippen LogP contribution in [0.2, 0.25) is 0 Å². The lowest BCUT2D eigenvalue weighted by Gasteiger charge is -2.07. The van der Waals surface area contributed by atoms with Crippen LogP contribution in [0, 0.1) is 0 Å². The van der Waals surface area contributed by atoms with Crippen molar-refractivity contribution in [2.24, 2.45) is 0 Å². The summed E-state index contributed by atoms with van der Waals surface area (Å²) in [5, 5.41) is 0. The molecule has 0 radical (unpaired) electrons. The van der Waals surface area contributed by atoms with Crippen LogP contribution in [0.25, 0.3) is 0 Å². The van der Waals surface area contributed by atoms with E-state index >= 15 is 0 Å². The topological polar surface area (TPSA) is 61.5 Å². The Hall–Kier alpha value is -2.33. The molecule has 2 rings (SSSR count). The van der Waals surface area contributed by atoms with Crippen LogP contribution in [-0.2, 0) is 27.5 Å².